The van der Waals surface area contributed by atoms with Crippen LogP contribution in [-0.2, 0) is 25.7 Å². The number of aliphatic hydroxyl groups is 1. The Kier molecular flexibility index (Phi) is 8.58. The number of carbonyl (C=O) groups excluding carboxylic acids is 3. The molecule has 0 saturated carbocycles. The van der Waals surface area contributed by atoms with E-state index in [1.807, 2.05) is 6.07 Å². The first-order chi connectivity index (χ1) is 12.3. The van der Waals surface area contributed by atoms with Gasteiger partial charge in [0.15, 0.2) is 0 Å². The lowest BCUT2D eigenvalue weighted by Gasteiger charge is -2.16. The second kappa shape index (κ2) is 10.7. The summed E-state index contributed by atoms with van der Waals surface area (Å²) in [4.78, 5) is 44.9. The minimum atomic E-state index is -1.38. The van der Waals surface area contributed by atoms with Crippen molar-refractivity contribution in [1.29, 1.82) is 0 Å². The molecule has 6 N–H and O–H groups in total. The van der Waals surface area contributed by atoms with E-state index in [0.29, 0.717) is 0 Å². The lowest BCUT2D eigenvalue weighted by Crippen LogP contribution is -2.47. The smallest absolute Gasteiger partial charge is 0.407 e. The molecule has 3 amide bonds. The van der Waals surface area contributed by atoms with Crippen LogP contribution in [0.15, 0.2) is 30.3 Å². The van der Waals surface area contributed by atoms with Crippen LogP contribution in [0, 0.1) is 0 Å². The van der Waals surface area contributed by atoms with E-state index in [0.717, 1.165) is 5.56 Å². The van der Waals surface area contributed by atoms with Gasteiger partial charge in [-0.3, -0.25) is 14.4 Å². The predicted molar refractivity (Wildman–Crippen MR) is 88.6 cm³/mol. The highest BCUT2D eigenvalue weighted by Gasteiger charge is 2.22. The SMILES string of the molecule is NC(=O)[C@H](CC(=O)O)NC(=O)C[C@H](O)CNC(=O)OCc1ccccc1. The Labute approximate surface area is 149 Å². The maximum absolute atomic E-state index is 11.7. The zero-order valence-corrected chi connectivity index (χ0v) is 13.9. The van der Waals surface area contributed by atoms with Gasteiger partial charge in [-0.2, -0.15) is 0 Å². The number of amides is 3. The van der Waals surface area contributed by atoms with E-state index >= 15 is 0 Å². The van der Waals surface area contributed by atoms with E-state index in [4.69, 9.17) is 15.6 Å². The van der Waals surface area contributed by atoms with Gasteiger partial charge in [-0.25, -0.2) is 4.79 Å². The van der Waals surface area contributed by atoms with Crippen molar-refractivity contribution < 1.29 is 34.1 Å². The van der Waals surface area contributed by atoms with Crippen molar-refractivity contribution in [1.82, 2.24) is 10.6 Å². The first-order valence-electron chi connectivity index (χ1n) is 7.71. The monoisotopic (exact) mass is 367 g/mol. The summed E-state index contributed by atoms with van der Waals surface area (Å²) in [5, 5.41) is 22.8. The number of benzene rings is 1. The number of nitrogens with one attached hydrogen (secondary N) is 2. The molecule has 10 heteroatoms. The summed E-state index contributed by atoms with van der Waals surface area (Å²) in [5.41, 5.74) is 5.78. The van der Waals surface area contributed by atoms with Gasteiger partial charge in [0.1, 0.15) is 12.6 Å². The summed E-state index contributed by atoms with van der Waals surface area (Å²) in [6.45, 7) is -0.208. The quantitative estimate of drug-likeness (QED) is 0.357. The summed E-state index contributed by atoms with van der Waals surface area (Å²) in [7, 11) is 0. The van der Waals surface area contributed by atoms with Crippen molar-refractivity contribution in [3.05, 3.63) is 35.9 Å². The van der Waals surface area contributed by atoms with Crippen molar-refractivity contribution >= 4 is 23.9 Å². The Morgan fingerprint density at radius 3 is 2.35 bits per heavy atom. The normalized spacial score (nSPS) is 12.5. The molecule has 0 spiro atoms. The number of alkyl carbamates (subject to hydrolysis) is 1. The zero-order chi connectivity index (χ0) is 19.5. The Morgan fingerprint density at radius 2 is 1.77 bits per heavy atom. The maximum Gasteiger partial charge on any atom is 0.407 e. The van der Waals surface area contributed by atoms with Crippen molar-refractivity contribution in [2.24, 2.45) is 5.73 Å². The molecule has 0 aliphatic heterocycles. The van der Waals surface area contributed by atoms with Gasteiger partial charge in [0.25, 0.3) is 0 Å². The number of aliphatic hydroxyl groups excluding tert-OH is 1. The molecule has 0 aliphatic rings. The van der Waals surface area contributed by atoms with Crippen molar-refractivity contribution in [3.8, 4) is 0 Å². The van der Waals surface area contributed by atoms with Gasteiger partial charge in [0, 0.05) is 6.54 Å². The largest absolute Gasteiger partial charge is 0.481 e. The molecule has 26 heavy (non-hydrogen) atoms. The Balaban J connectivity index is 2.30. The van der Waals surface area contributed by atoms with E-state index in [-0.39, 0.29) is 13.2 Å². The highest BCUT2D eigenvalue weighted by molar-refractivity contribution is 5.89. The number of nitrogens with two attached hydrogens (primary N) is 1. The summed E-state index contributed by atoms with van der Waals surface area (Å²) in [5.74, 6) is -3.09. The average molecular weight is 367 g/mol. The topological polar surface area (TPSA) is 168 Å². The van der Waals surface area contributed by atoms with Gasteiger partial charge in [-0.15, -0.1) is 0 Å². The molecule has 0 aliphatic carbocycles. The van der Waals surface area contributed by atoms with Gasteiger partial charge >= 0.3 is 12.1 Å². The minimum Gasteiger partial charge on any atom is -0.481 e. The molecule has 0 saturated heterocycles. The van der Waals surface area contributed by atoms with Gasteiger partial charge in [-0.05, 0) is 5.56 Å². The number of primary amides is 1. The molecule has 1 aromatic carbocycles. The van der Waals surface area contributed by atoms with Gasteiger partial charge in [0.2, 0.25) is 11.8 Å². The van der Waals surface area contributed by atoms with Crippen LogP contribution in [0.5, 0.6) is 0 Å². The van der Waals surface area contributed by atoms with E-state index in [2.05, 4.69) is 10.6 Å². The molecule has 0 fully saturated rings. The molecule has 2 atom stereocenters. The standard InChI is InChI=1S/C16H21N3O7/c17-15(24)12(7-14(22)23)19-13(21)6-11(20)8-18-16(25)26-9-10-4-2-1-3-5-10/h1-5,11-12,20H,6-9H2,(H2,17,24)(H,18,25)(H,19,21)(H,22,23)/t11-,12-/m0/s1. The molecule has 1 rings (SSSR count). The second-order valence-corrected chi connectivity index (χ2v) is 5.42. The fourth-order valence-electron chi connectivity index (χ4n) is 1.91. The fourth-order valence-corrected chi connectivity index (χ4v) is 1.91. The molecule has 1 aromatic rings. The van der Waals surface area contributed by atoms with E-state index in [1.165, 1.54) is 0 Å². The molecule has 0 heterocycles. The van der Waals surface area contributed by atoms with Gasteiger partial charge in [-0.1, -0.05) is 30.3 Å². The molecule has 0 radical (unpaired) electrons. The number of ether oxygens (including phenoxy) is 1. The third-order valence-corrected chi connectivity index (χ3v) is 3.17. The molecular weight excluding hydrogens is 346 g/mol. The second-order valence-electron chi connectivity index (χ2n) is 5.42. The summed E-state index contributed by atoms with van der Waals surface area (Å²) < 4.78 is 4.94. The third-order valence-electron chi connectivity index (χ3n) is 3.17. The first-order valence-corrected chi connectivity index (χ1v) is 7.71. The van der Waals surface area contributed by atoms with Crippen LogP contribution in [0.1, 0.15) is 18.4 Å². The molecule has 0 unspecified atom stereocenters. The van der Waals surface area contributed by atoms with Gasteiger partial charge < -0.3 is 31.3 Å². The molecule has 142 valence electrons. The number of hydrogen-bond acceptors (Lipinski definition) is 6. The van der Waals surface area contributed by atoms with Crippen molar-refractivity contribution in [2.75, 3.05) is 6.54 Å². The van der Waals surface area contributed by atoms with Crippen LogP contribution in [0.3, 0.4) is 0 Å². The third kappa shape index (κ3) is 8.64. The van der Waals surface area contributed by atoms with Crippen LogP contribution in [0.2, 0.25) is 0 Å². The number of rotatable bonds is 10. The lowest BCUT2D eigenvalue weighted by atomic mass is 10.1. The highest BCUT2D eigenvalue weighted by Crippen LogP contribution is 2.01. The Bertz CT molecular complexity index is 636. The number of carbonyl (C=O) groups is 4. The number of hydrogen-bond donors (Lipinski definition) is 5. The van der Waals surface area contributed by atoms with Gasteiger partial charge in [0.05, 0.1) is 18.9 Å². The molecule has 0 aromatic heterocycles. The van der Waals surface area contributed by atoms with Crippen LogP contribution < -0.4 is 16.4 Å². The average Bonchev–Trinajstić information content (AvgIpc) is 2.58. The van der Waals surface area contributed by atoms with E-state index in [1.54, 1.807) is 24.3 Å². The van der Waals surface area contributed by atoms with Crippen molar-refractivity contribution in [2.45, 2.75) is 31.6 Å². The van der Waals surface area contributed by atoms with Crippen LogP contribution in [0.4, 0.5) is 4.79 Å². The molecule has 0 bridgehead atoms. The lowest BCUT2D eigenvalue weighted by molar-refractivity contribution is -0.140. The zero-order valence-electron chi connectivity index (χ0n) is 13.9. The Hall–Kier alpha value is -3.14. The molecular formula is C16H21N3O7. The fraction of sp³-hybridized carbons (Fsp3) is 0.375. The number of carboxylic acids is 1. The highest BCUT2D eigenvalue weighted by atomic mass is 16.5. The Morgan fingerprint density at radius 1 is 1.12 bits per heavy atom. The predicted octanol–water partition coefficient (Wildman–Crippen LogP) is -0.891. The summed E-state index contributed by atoms with van der Waals surface area (Å²) >= 11 is 0. The number of carboxylic acid groups (broad SMARTS) is 1. The van der Waals surface area contributed by atoms with Crippen LogP contribution in [0.25, 0.3) is 0 Å². The summed E-state index contributed by atoms with van der Waals surface area (Å²) in [6, 6.07) is 7.59. The van der Waals surface area contributed by atoms with Crippen LogP contribution in [-0.4, -0.2) is 52.8 Å². The van der Waals surface area contributed by atoms with E-state index < -0.39 is 48.9 Å². The van der Waals surface area contributed by atoms with Crippen molar-refractivity contribution in [3.63, 3.8) is 0 Å². The maximum atomic E-state index is 11.7. The first kappa shape index (κ1) is 20.9. The van der Waals surface area contributed by atoms with Crippen LogP contribution >= 0.6 is 0 Å². The molecule has 10 nitrogen and oxygen atoms in total. The minimum absolute atomic E-state index is 0.0543. The van der Waals surface area contributed by atoms with E-state index in [9.17, 15) is 24.3 Å². The number of aliphatic carboxylic acids is 1. The summed E-state index contributed by atoms with van der Waals surface area (Å²) in [6.07, 6.45) is -3.14.